The number of hydrogen-bond acceptors (Lipinski definition) is 3. The van der Waals surface area contributed by atoms with E-state index in [1.54, 1.807) is 10.7 Å². The molecule has 1 aromatic carbocycles. The lowest BCUT2D eigenvalue weighted by atomic mass is 9.99. The standard InChI is InChI=1S/C19H27N3O/c1-6-21(7-2)10-11-22-19(23)9-8-18(20-22)17-13-15(4)14(3)12-16(17)5/h8-9,12-13H,6-7,10-11H2,1-5H3. The minimum atomic E-state index is -0.0395. The molecule has 124 valence electrons. The van der Waals surface area contributed by atoms with Gasteiger partial charge in [0.15, 0.2) is 0 Å². The van der Waals surface area contributed by atoms with Crippen molar-refractivity contribution in [3.05, 3.63) is 51.3 Å². The molecule has 0 bridgehead atoms. The predicted octanol–water partition coefficient (Wildman–Crippen LogP) is 3.18. The van der Waals surface area contributed by atoms with Gasteiger partial charge in [-0.3, -0.25) is 4.79 Å². The first-order chi connectivity index (χ1) is 11.0. The van der Waals surface area contributed by atoms with E-state index in [0.29, 0.717) is 6.54 Å². The molecule has 1 heterocycles. The maximum Gasteiger partial charge on any atom is 0.266 e. The Morgan fingerprint density at radius 2 is 1.65 bits per heavy atom. The lowest BCUT2D eigenvalue weighted by Crippen LogP contribution is -2.32. The van der Waals surface area contributed by atoms with Crippen LogP contribution in [-0.4, -0.2) is 34.3 Å². The van der Waals surface area contributed by atoms with E-state index in [1.807, 2.05) is 6.07 Å². The quantitative estimate of drug-likeness (QED) is 0.822. The van der Waals surface area contributed by atoms with Crippen LogP contribution in [0, 0.1) is 20.8 Å². The van der Waals surface area contributed by atoms with Crippen LogP contribution in [0.5, 0.6) is 0 Å². The molecule has 0 spiro atoms. The molecule has 0 aliphatic carbocycles. The van der Waals surface area contributed by atoms with Crippen molar-refractivity contribution in [3.63, 3.8) is 0 Å². The molecular weight excluding hydrogens is 286 g/mol. The van der Waals surface area contributed by atoms with Gasteiger partial charge in [-0.25, -0.2) is 4.68 Å². The molecule has 0 atom stereocenters. The van der Waals surface area contributed by atoms with Crippen molar-refractivity contribution >= 4 is 0 Å². The molecule has 0 unspecified atom stereocenters. The highest BCUT2D eigenvalue weighted by molar-refractivity contribution is 5.64. The van der Waals surface area contributed by atoms with Crippen molar-refractivity contribution in [1.82, 2.24) is 14.7 Å². The van der Waals surface area contributed by atoms with E-state index in [0.717, 1.165) is 30.9 Å². The number of benzene rings is 1. The highest BCUT2D eigenvalue weighted by Gasteiger charge is 2.09. The molecular formula is C19H27N3O. The molecule has 2 rings (SSSR count). The topological polar surface area (TPSA) is 38.1 Å². The molecule has 0 aliphatic heterocycles. The third kappa shape index (κ3) is 4.08. The summed E-state index contributed by atoms with van der Waals surface area (Å²) >= 11 is 0. The van der Waals surface area contributed by atoms with Crippen LogP contribution in [0.25, 0.3) is 11.3 Å². The summed E-state index contributed by atoms with van der Waals surface area (Å²) in [7, 11) is 0. The first-order valence-electron chi connectivity index (χ1n) is 8.35. The van der Waals surface area contributed by atoms with Crippen molar-refractivity contribution < 1.29 is 0 Å². The van der Waals surface area contributed by atoms with E-state index in [4.69, 9.17) is 0 Å². The monoisotopic (exact) mass is 313 g/mol. The fourth-order valence-corrected chi connectivity index (χ4v) is 2.77. The molecule has 23 heavy (non-hydrogen) atoms. The average Bonchev–Trinajstić information content (AvgIpc) is 2.53. The largest absolute Gasteiger partial charge is 0.302 e. The fourth-order valence-electron chi connectivity index (χ4n) is 2.77. The van der Waals surface area contributed by atoms with Gasteiger partial charge in [-0.1, -0.05) is 19.9 Å². The Bertz CT molecular complexity index is 730. The summed E-state index contributed by atoms with van der Waals surface area (Å²) in [6.45, 7) is 14.0. The van der Waals surface area contributed by atoms with Crippen LogP contribution < -0.4 is 5.56 Å². The summed E-state index contributed by atoms with van der Waals surface area (Å²) in [5.41, 5.74) is 5.64. The zero-order valence-electron chi connectivity index (χ0n) is 14.9. The lowest BCUT2D eigenvalue weighted by Gasteiger charge is -2.18. The van der Waals surface area contributed by atoms with Gasteiger partial charge in [-0.2, -0.15) is 5.10 Å². The Kier molecular flexibility index (Phi) is 5.72. The lowest BCUT2D eigenvalue weighted by molar-refractivity contribution is 0.283. The zero-order valence-corrected chi connectivity index (χ0v) is 14.9. The van der Waals surface area contributed by atoms with E-state index in [9.17, 15) is 4.79 Å². The van der Waals surface area contributed by atoms with Crippen molar-refractivity contribution in [1.29, 1.82) is 0 Å². The van der Waals surface area contributed by atoms with E-state index in [2.05, 4.69) is 56.8 Å². The Morgan fingerprint density at radius 3 is 2.30 bits per heavy atom. The third-order valence-electron chi connectivity index (χ3n) is 4.51. The van der Waals surface area contributed by atoms with Gasteiger partial charge in [-0.05, 0) is 62.7 Å². The van der Waals surface area contributed by atoms with E-state index >= 15 is 0 Å². The number of hydrogen-bond donors (Lipinski definition) is 0. The van der Waals surface area contributed by atoms with E-state index in [-0.39, 0.29) is 5.56 Å². The zero-order chi connectivity index (χ0) is 17.0. The molecule has 0 saturated carbocycles. The van der Waals surface area contributed by atoms with E-state index in [1.165, 1.54) is 16.7 Å². The summed E-state index contributed by atoms with van der Waals surface area (Å²) in [4.78, 5) is 14.4. The number of aryl methyl sites for hydroxylation is 3. The van der Waals surface area contributed by atoms with Gasteiger partial charge in [0.25, 0.3) is 5.56 Å². The first kappa shape index (κ1) is 17.4. The van der Waals surface area contributed by atoms with Gasteiger partial charge in [-0.15, -0.1) is 0 Å². The van der Waals surface area contributed by atoms with Crippen LogP contribution in [0.1, 0.15) is 30.5 Å². The summed E-state index contributed by atoms with van der Waals surface area (Å²) in [6, 6.07) is 7.79. The van der Waals surface area contributed by atoms with Crippen LogP contribution in [0.4, 0.5) is 0 Å². The second-order valence-electron chi connectivity index (χ2n) is 6.06. The molecule has 0 amide bonds. The molecule has 1 aromatic heterocycles. The van der Waals surface area contributed by atoms with Gasteiger partial charge in [0.2, 0.25) is 0 Å². The van der Waals surface area contributed by atoms with Gasteiger partial charge >= 0.3 is 0 Å². The van der Waals surface area contributed by atoms with Gasteiger partial charge in [0, 0.05) is 18.2 Å². The average molecular weight is 313 g/mol. The fraction of sp³-hybridized carbons (Fsp3) is 0.474. The van der Waals surface area contributed by atoms with Crippen LogP contribution in [0.15, 0.2) is 29.1 Å². The molecule has 0 aliphatic rings. The number of nitrogens with zero attached hydrogens (tertiary/aromatic N) is 3. The van der Waals surface area contributed by atoms with Gasteiger partial charge in [0.1, 0.15) is 0 Å². The normalized spacial score (nSPS) is 11.2. The van der Waals surface area contributed by atoms with Crippen LogP contribution in [-0.2, 0) is 6.54 Å². The Hall–Kier alpha value is -1.94. The van der Waals surface area contributed by atoms with Crippen molar-refractivity contribution in [2.24, 2.45) is 0 Å². The van der Waals surface area contributed by atoms with Crippen molar-refractivity contribution in [3.8, 4) is 11.3 Å². The maximum absolute atomic E-state index is 12.1. The van der Waals surface area contributed by atoms with Crippen LogP contribution >= 0.6 is 0 Å². The molecule has 0 fully saturated rings. The Morgan fingerprint density at radius 1 is 1.00 bits per heavy atom. The number of aromatic nitrogens is 2. The van der Waals surface area contributed by atoms with Crippen LogP contribution in [0.2, 0.25) is 0 Å². The molecule has 0 N–H and O–H groups in total. The Balaban J connectivity index is 2.34. The summed E-state index contributed by atoms with van der Waals surface area (Å²) in [6.07, 6.45) is 0. The SMILES string of the molecule is CCN(CC)CCn1nc(-c2cc(C)c(C)cc2C)ccc1=O. The molecule has 2 aromatic rings. The Labute approximate surface area is 138 Å². The van der Waals surface area contributed by atoms with Crippen LogP contribution in [0.3, 0.4) is 0 Å². The summed E-state index contributed by atoms with van der Waals surface area (Å²) < 4.78 is 1.59. The van der Waals surface area contributed by atoms with Crippen molar-refractivity contribution in [2.45, 2.75) is 41.2 Å². The highest BCUT2D eigenvalue weighted by atomic mass is 16.1. The predicted molar refractivity (Wildman–Crippen MR) is 95.9 cm³/mol. The first-order valence-corrected chi connectivity index (χ1v) is 8.35. The minimum Gasteiger partial charge on any atom is -0.302 e. The smallest absolute Gasteiger partial charge is 0.266 e. The molecule has 0 radical (unpaired) electrons. The maximum atomic E-state index is 12.1. The molecule has 4 heteroatoms. The summed E-state index contributed by atoms with van der Waals surface area (Å²) in [5, 5.41) is 4.59. The number of rotatable bonds is 6. The van der Waals surface area contributed by atoms with Crippen molar-refractivity contribution in [2.75, 3.05) is 19.6 Å². The molecule has 4 nitrogen and oxygen atoms in total. The summed E-state index contributed by atoms with van der Waals surface area (Å²) in [5.74, 6) is 0. The van der Waals surface area contributed by atoms with Gasteiger partial charge in [0.05, 0.1) is 12.2 Å². The van der Waals surface area contributed by atoms with Gasteiger partial charge < -0.3 is 4.90 Å². The second-order valence-corrected chi connectivity index (χ2v) is 6.06. The minimum absolute atomic E-state index is 0.0395. The van der Waals surface area contributed by atoms with E-state index < -0.39 is 0 Å². The molecule has 0 saturated heterocycles. The highest BCUT2D eigenvalue weighted by Crippen LogP contribution is 2.24. The second kappa shape index (κ2) is 7.55. The third-order valence-corrected chi connectivity index (χ3v) is 4.51. The number of likely N-dealkylation sites (N-methyl/N-ethyl adjacent to an activating group) is 1.